The summed E-state index contributed by atoms with van der Waals surface area (Å²) in [4.78, 5) is 26.6. The van der Waals surface area contributed by atoms with Gasteiger partial charge in [-0.15, -0.1) is 0 Å². The molecule has 30 heavy (non-hydrogen) atoms. The fourth-order valence-electron chi connectivity index (χ4n) is 4.92. The zero-order valence-electron chi connectivity index (χ0n) is 18.0. The van der Waals surface area contributed by atoms with Gasteiger partial charge in [-0.25, -0.2) is 0 Å². The Hall–Kier alpha value is -2.08. The van der Waals surface area contributed by atoms with Crippen LogP contribution in [0.4, 0.5) is 0 Å². The minimum absolute atomic E-state index is 0.0103. The molecule has 3 aliphatic rings. The molecule has 6 heteroatoms. The fourth-order valence-corrected chi connectivity index (χ4v) is 5.38. The van der Waals surface area contributed by atoms with Gasteiger partial charge in [0.15, 0.2) is 23.1 Å². The Bertz CT molecular complexity index is 976. The molecule has 1 heterocycles. The fraction of sp³-hybridized carbons (Fsp3) is 0.500. The molecule has 2 aliphatic carbocycles. The molecule has 0 fully saturated rings. The normalized spacial score (nSPS) is 23.1. The van der Waals surface area contributed by atoms with E-state index in [1.807, 2.05) is 0 Å². The Labute approximate surface area is 185 Å². The van der Waals surface area contributed by atoms with Crippen molar-refractivity contribution in [3.8, 4) is 11.5 Å². The molecule has 0 amide bonds. The number of hydrogen-bond donors (Lipinski definition) is 1. The van der Waals surface area contributed by atoms with Gasteiger partial charge in [-0.2, -0.15) is 0 Å². The summed E-state index contributed by atoms with van der Waals surface area (Å²) in [5.74, 6) is 1.15. The van der Waals surface area contributed by atoms with Crippen LogP contribution in [0.15, 0.2) is 39.3 Å². The second-order valence-corrected chi connectivity index (χ2v) is 11.0. The number of allylic oxidation sites excluding steroid dienone is 4. The molecule has 1 aliphatic heterocycles. The number of phenolic OH excluding ortho intramolecular Hbond substituents is 1. The maximum atomic E-state index is 13.3. The van der Waals surface area contributed by atoms with Crippen LogP contribution >= 0.6 is 15.9 Å². The summed E-state index contributed by atoms with van der Waals surface area (Å²) in [6, 6.07) is 3.48. The van der Waals surface area contributed by atoms with Gasteiger partial charge in [-0.05, 0) is 44.5 Å². The topological polar surface area (TPSA) is 72.8 Å². The maximum absolute atomic E-state index is 13.3. The van der Waals surface area contributed by atoms with Gasteiger partial charge in [0.2, 0.25) is 0 Å². The van der Waals surface area contributed by atoms with Crippen LogP contribution in [0.2, 0.25) is 0 Å². The van der Waals surface area contributed by atoms with Crippen molar-refractivity contribution in [1.82, 2.24) is 0 Å². The number of carbonyl (C=O) groups is 2. The first-order chi connectivity index (χ1) is 13.9. The first-order valence-electron chi connectivity index (χ1n) is 10.2. The summed E-state index contributed by atoms with van der Waals surface area (Å²) < 4.78 is 12.1. The van der Waals surface area contributed by atoms with Crippen LogP contribution in [0, 0.1) is 10.8 Å². The molecule has 0 saturated heterocycles. The number of hydrogen-bond acceptors (Lipinski definition) is 5. The minimum atomic E-state index is -0.512. The first-order valence-corrected chi connectivity index (χ1v) is 11.0. The van der Waals surface area contributed by atoms with E-state index in [1.165, 1.54) is 7.11 Å². The van der Waals surface area contributed by atoms with Gasteiger partial charge >= 0.3 is 0 Å². The Kier molecular flexibility index (Phi) is 4.92. The van der Waals surface area contributed by atoms with Gasteiger partial charge in [0.05, 0.1) is 11.6 Å². The zero-order valence-corrected chi connectivity index (χ0v) is 19.6. The summed E-state index contributed by atoms with van der Waals surface area (Å²) in [6.45, 7) is 8.25. The number of ether oxygens (including phenoxy) is 2. The monoisotopic (exact) mass is 474 g/mol. The van der Waals surface area contributed by atoms with Gasteiger partial charge in [0, 0.05) is 42.7 Å². The smallest absolute Gasteiger partial charge is 0.172 e. The van der Waals surface area contributed by atoms with E-state index in [9.17, 15) is 14.7 Å². The van der Waals surface area contributed by atoms with Crippen molar-refractivity contribution in [2.75, 3.05) is 7.11 Å². The number of aromatic hydroxyl groups is 1. The van der Waals surface area contributed by atoms with Crippen LogP contribution < -0.4 is 4.74 Å². The van der Waals surface area contributed by atoms with Crippen molar-refractivity contribution in [3.05, 3.63) is 44.8 Å². The van der Waals surface area contributed by atoms with Gasteiger partial charge in [-0.3, -0.25) is 9.59 Å². The lowest BCUT2D eigenvalue weighted by Crippen LogP contribution is -2.37. The number of phenols is 1. The largest absolute Gasteiger partial charge is 0.503 e. The van der Waals surface area contributed by atoms with Crippen molar-refractivity contribution in [2.24, 2.45) is 10.8 Å². The quantitative estimate of drug-likeness (QED) is 0.606. The van der Waals surface area contributed by atoms with Crippen molar-refractivity contribution < 1.29 is 24.2 Å². The van der Waals surface area contributed by atoms with Crippen LogP contribution in [0.25, 0.3) is 0 Å². The van der Waals surface area contributed by atoms with Crippen molar-refractivity contribution >= 4 is 27.5 Å². The third-order valence-electron chi connectivity index (χ3n) is 6.19. The number of ketones is 2. The summed E-state index contributed by atoms with van der Waals surface area (Å²) >= 11 is 3.38. The molecule has 0 bridgehead atoms. The van der Waals surface area contributed by atoms with E-state index in [0.29, 0.717) is 58.6 Å². The van der Waals surface area contributed by atoms with E-state index >= 15 is 0 Å². The van der Waals surface area contributed by atoms with E-state index in [1.54, 1.807) is 12.1 Å². The molecule has 0 spiro atoms. The van der Waals surface area contributed by atoms with Crippen LogP contribution in [0.1, 0.15) is 64.9 Å². The third kappa shape index (κ3) is 3.49. The minimum Gasteiger partial charge on any atom is -0.503 e. The predicted octanol–water partition coefficient (Wildman–Crippen LogP) is 5.56. The SMILES string of the molecule is COc1cc(C2C3=C(CC(C)(C)CC3=O)OC3=C2C(=O)CC(C)(C)C3)cc(Br)c1O. The highest BCUT2D eigenvalue weighted by molar-refractivity contribution is 9.10. The highest BCUT2D eigenvalue weighted by Crippen LogP contribution is 2.54. The zero-order chi connectivity index (χ0) is 22.0. The maximum Gasteiger partial charge on any atom is 0.172 e. The molecule has 0 saturated carbocycles. The molecule has 1 aromatic carbocycles. The number of rotatable bonds is 2. The van der Waals surface area contributed by atoms with E-state index in [4.69, 9.17) is 9.47 Å². The average Bonchev–Trinajstić information content (AvgIpc) is 2.60. The highest BCUT2D eigenvalue weighted by Gasteiger charge is 2.48. The molecule has 0 aromatic heterocycles. The standard InChI is InChI=1S/C24H27BrO5/c1-23(2)8-14(26)20-17(10-23)30-18-11-24(3,4)9-15(27)21(18)19(20)12-6-13(25)22(28)16(7-12)29-5/h6-7,19,28H,8-11H2,1-5H3. The van der Waals surface area contributed by atoms with Crippen molar-refractivity contribution in [3.63, 3.8) is 0 Å². The van der Waals surface area contributed by atoms with Crippen LogP contribution in [0.3, 0.4) is 0 Å². The van der Waals surface area contributed by atoms with E-state index < -0.39 is 5.92 Å². The van der Waals surface area contributed by atoms with E-state index in [-0.39, 0.29) is 28.1 Å². The van der Waals surface area contributed by atoms with Gasteiger partial charge < -0.3 is 14.6 Å². The summed E-state index contributed by atoms with van der Waals surface area (Å²) in [6.07, 6.45) is 2.10. The van der Waals surface area contributed by atoms with Crippen molar-refractivity contribution in [1.29, 1.82) is 0 Å². The second kappa shape index (κ2) is 6.98. The molecular formula is C24H27BrO5. The van der Waals surface area contributed by atoms with Gasteiger partial charge in [-0.1, -0.05) is 27.7 Å². The Balaban J connectivity index is 1.96. The number of halogens is 1. The average molecular weight is 475 g/mol. The lowest BCUT2D eigenvalue weighted by molar-refractivity contribution is -0.120. The van der Waals surface area contributed by atoms with Gasteiger partial charge in [0.25, 0.3) is 0 Å². The molecule has 5 nitrogen and oxygen atoms in total. The highest BCUT2D eigenvalue weighted by atomic mass is 79.9. The number of benzene rings is 1. The summed E-state index contributed by atoms with van der Waals surface area (Å²) in [7, 11) is 1.48. The molecule has 1 N–H and O–H groups in total. The van der Waals surface area contributed by atoms with E-state index in [2.05, 4.69) is 43.6 Å². The Morgan fingerprint density at radius 1 is 0.967 bits per heavy atom. The van der Waals surface area contributed by atoms with Crippen LogP contribution in [0.5, 0.6) is 11.5 Å². The molecule has 1 aromatic rings. The first kappa shape index (κ1) is 21.2. The number of carbonyl (C=O) groups excluding carboxylic acids is 2. The number of methoxy groups -OCH3 is 1. The molecular weight excluding hydrogens is 448 g/mol. The second-order valence-electron chi connectivity index (χ2n) is 10.1. The lowest BCUT2D eigenvalue weighted by atomic mass is 9.65. The third-order valence-corrected chi connectivity index (χ3v) is 6.79. The summed E-state index contributed by atoms with van der Waals surface area (Å²) in [5, 5.41) is 10.3. The summed E-state index contributed by atoms with van der Waals surface area (Å²) in [5.41, 5.74) is 1.49. The van der Waals surface area contributed by atoms with E-state index in [0.717, 1.165) is 5.56 Å². The van der Waals surface area contributed by atoms with Gasteiger partial charge in [0.1, 0.15) is 11.5 Å². The molecule has 0 radical (unpaired) electrons. The van der Waals surface area contributed by atoms with Crippen molar-refractivity contribution in [2.45, 2.75) is 59.3 Å². The lowest BCUT2D eigenvalue weighted by Gasteiger charge is -2.42. The molecule has 160 valence electrons. The molecule has 0 atom stereocenters. The van der Waals surface area contributed by atoms with Crippen LogP contribution in [-0.2, 0) is 14.3 Å². The van der Waals surface area contributed by atoms with Crippen LogP contribution in [-0.4, -0.2) is 23.8 Å². The molecule has 0 unspecified atom stereocenters. The Morgan fingerprint density at radius 2 is 1.47 bits per heavy atom. The molecule has 4 rings (SSSR count). The Morgan fingerprint density at radius 3 is 1.93 bits per heavy atom. The number of Topliss-reactive ketones (excluding diaryl/α,β-unsaturated/α-hetero) is 2. The predicted molar refractivity (Wildman–Crippen MR) is 116 cm³/mol.